The first-order valence-electron chi connectivity index (χ1n) is 9.02. The first-order valence-corrected chi connectivity index (χ1v) is 9.55. The van der Waals surface area contributed by atoms with Crippen molar-refractivity contribution in [2.75, 3.05) is 12.5 Å². The van der Waals surface area contributed by atoms with Crippen molar-refractivity contribution in [3.63, 3.8) is 0 Å². The van der Waals surface area contributed by atoms with Gasteiger partial charge in [-0.15, -0.1) is 11.6 Å². The molecule has 0 amide bonds. The molecule has 0 aromatic heterocycles. The van der Waals surface area contributed by atoms with Gasteiger partial charge in [0, 0.05) is 5.92 Å². The number of allylic oxidation sites excluding steroid dienone is 2. The number of hydrogen-bond donors (Lipinski definition) is 1. The van der Waals surface area contributed by atoms with Crippen LogP contribution in [-0.4, -0.2) is 17.6 Å². The Hall–Kier alpha value is -2.71. The molecule has 0 bridgehead atoms. The van der Waals surface area contributed by atoms with Crippen molar-refractivity contribution in [1.82, 2.24) is 0 Å². The summed E-state index contributed by atoms with van der Waals surface area (Å²) < 4.78 is 5.60. The zero-order chi connectivity index (χ0) is 19.1. The van der Waals surface area contributed by atoms with E-state index in [4.69, 9.17) is 16.3 Å². The molecule has 0 aliphatic heterocycles. The second-order valence-electron chi connectivity index (χ2n) is 6.24. The van der Waals surface area contributed by atoms with Gasteiger partial charge in [0.2, 0.25) is 0 Å². The molecule has 1 unspecified atom stereocenters. The maximum absolute atomic E-state index is 9.70. The molecule has 0 saturated carbocycles. The highest BCUT2D eigenvalue weighted by Gasteiger charge is 2.20. The van der Waals surface area contributed by atoms with Crippen molar-refractivity contribution in [2.45, 2.75) is 12.8 Å². The van der Waals surface area contributed by atoms with Gasteiger partial charge in [0.25, 0.3) is 0 Å². The van der Waals surface area contributed by atoms with E-state index in [-0.39, 0.29) is 11.7 Å². The van der Waals surface area contributed by atoms with Gasteiger partial charge in [-0.2, -0.15) is 0 Å². The standard InChI is InChI=1S/C24H23ClO2/c1-2-23(18-6-4-3-5-7-18)24(19-8-12-21(26)13-9-19)20-10-14-22(15-11-20)27-17-16-25/h2-15,24,26H,16-17H2,1H3. The first kappa shape index (κ1) is 19.1. The van der Waals surface area contributed by atoms with Crippen LogP contribution >= 0.6 is 11.6 Å². The molecule has 0 saturated heterocycles. The van der Waals surface area contributed by atoms with Gasteiger partial charge in [-0.05, 0) is 53.5 Å². The van der Waals surface area contributed by atoms with Crippen LogP contribution in [0.4, 0.5) is 0 Å². The lowest BCUT2D eigenvalue weighted by Gasteiger charge is -2.22. The molecule has 3 aromatic carbocycles. The van der Waals surface area contributed by atoms with Crippen LogP contribution in [-0.2, 0) is 0 Å². The number of alkyl halides is 1. The zero-order valence-corrected chi connectivity index (χ0v) is 16.1. The highest BCUT2D eigenvalue weighted by Crippen LogP contribution is 2.38. The Balaban J connectivity index is 2.03. The molecule has 2 nitrogen and oxygen atoms in total. The third-order valence-corrected chi connectivity index (χ3v) is 4.67. The fourth-order valence-electron chi connectivity index (χ4n) is 3.26. The lowest BCUT2D eigenvalue weighted by molar-refractivity contribution is 0.342. The van der Waals surface area contributed by atoms with Crippen LogP contribution in [0, 0.1) is 0 Å². The van der Waals surface area contributed by atoms with E-state index in [0.717, 1.165) is 16.9 Å². The minimum absolute atomic E-state index is 0.0556. The van der Waals surface area contributed by atoms with Gasteiger partial charge in [-0.1, -0.05) is 60.7 Å². The number of phenolic OH excluding ortho intramolecular Hbond substituents is 1. The van der Waals surface area contributed by atoms with Crippen LogP contribution in [0.5, 0.6) is 11.5 Å². The van der Waals surface area contributed by atoms with Gasteiger partial charge in [0.05, 0.1) is 5.88 Å². The molecular weight excluding hydrogens is 356 g/mol. The van der Waals surface area contributed by atoms with Crippen LogP contribution in [0.2, 0.25) is 0 Å². The number of rotatable bonds is 7. The number of hydrogen-bond acceptors (Lipinski definition) is 2. The second kappa shape index (κ2) is 9.29. The molecule has 0 aliphatic carbocycles. The van der Waals surface area contributed by atoms with Crippen LogP contribution in [0.1, 0.15) is 29.5 Å². The van der Waals surface area contributed by atoms with Gasteiger partial charge >= 0.3 is 0 Å². The zero-order valence-electron chi connectivity index (χ0n) is 15.3. The Morgan fingerprint density at radius 2 is 1.52 bits per heavy atom. The molecule has 3 rings (SSSR count). The van der Waals surface area contributed by atoms with E-state index in [9.17, 15) is 5.11 Å². The molecule has 138 valence electrons. The molecule has 3 heteroatoms. The summed E-state index contributed by atoms with van der Waals surface area (Å²) in [5.74, 6) is 1.60. The van der Waals surface area contributed by atoms with E-state index in [2.05, 4.69) is 49.4 Å². The van der Waals surface area contributed by atoms with Crippen molar-refractivity contribution in [3.8, 4) is 11.5 Å². The normalized spacial score (nSPS) is 12.6. The summed E-state index contributed by atoms with van der Waals surface area (Å²) in [6, 6.07) is 25.9. The van der Waals surface area contributed by atoms with E-state index >= 15 is 0 Å². The fraction of sp³-hybridized carbons (Fsp3) is 0.167. The van der Waals surface area contributed by atoms with Crippen LogP contribution in [0.25, 0.3) is 5.57 Å². The van der Waals surface area contributed by atoms with Gasteiger partial charge in [0.1, 0.15) is 18.1 Å². The lowest BCUT2D eigenvalue weighted by Crippen LogP contribution is -2.05. The summed E-state index contributed by atoms with van der Waals surface area (Å²) >= 11 is 5.70. The third kappa shape index (κ3) is 4.72. The average Bonchev–Trinajstić information content (AvgIpc) is 2.72. The van der Waals surface area contributed by atoms with E-state index in [1.54, 1.807) is 12.1 Å². The number of ether oxygens (including phenoxy) is 1. The van der Waals surface area contributed by atoms with Crippen molar-refractivity contribution >= 4 is 17.2 Å². The number of benzene rings is 3. The second-order valence-corrected chi connectivity index (χ2v) is 6.62. The Kier molecular flexibility index (Phi) is 6.56. The van der Waals surface area contributed by atoms with Gasteiger partial charge < -0.3 is 9.84 Å². The summed E-state index contributed by atoms with van der Waals surface area (Å²) in [6.45, 7) is 2.56. The first-order chi connectivity index (χ1) is 13.2. The van der Waals surface area contributed by atoms with Gasteiger partial charge in [-0.3, -0.25) is 0 Å². The number of aromatic hydroxyl groups is 1. The van der Waals surface area contributed by atoms with E-state index in [1.165, 1.54) is 11.1 Å². The topological polar surface area (TPSA) is 29.5 Å². The Bertz CT molecular complexity index is 869. The van der Waals surface area contributed by atoms with Gasteiger partial charge in [-0.25, -0.2) is 0 Å². The minimum atomic E-state index is 0.0556. The third-order valence-electron chi connectivity index (χ3n) is 4.51. The number of phenols is 1. The Morgan fingerprint density at radius 1 is 0.926 bits per heavy atom. The quantitative estimate of drug-likeness (QED) is 0.492. The summed E-state index contributed by atoms with van der Waals surface area (Å²) in [7, 11) is 0. The monoisotopic (exact) mass is 378 g/mol. The van der Waals surface area contributed by atoms with Crippen molar-refractivity contribution in [3.05, 3.63) is 102 Å². The van der Waals surface area contributed by atoms with E-state index in [1.807, 2.05) is 30.3 Å². The number of halogens is 1. The largest absolute Gasteiger partial charge is 0.508 e. The predicted octanol–water partition coefficient (Wildman–Crippen LogP) is 6.25. The predicted molar refractivity (Wildman–Crippen MR) is 113 cm³/mol. The van der Waals surface area contributed by atoms with Crippen molar-refractivity contribution in [2.24, 2.45) is 0 Å². The highest BCUT2D eigenvalue weighted by atomic mass is 35.5. The molecule has 0 radical (unpaired) electrons. The molecule has 0 fully saturated rings. The fourth-order valence-corrected chi connectivity index (χ4v) is 3.34. The van der Waals surface area contributed by atoms with Crippen molar-refractivity contribution < 1.29 is 9.84 Å². The smallest absolute Gasteiger partial charge is 0.119 e. The molecule has 0 aliphatic rings. The molecule has 3 aromatic rings. The molecule has 27 heavy (non-hydrogen) atoms. The van der Waals surface area contributed by atoms with E-state index in [0.29, 0.717) is 12.5 Å². The molecule has 1 atom stereocenters. The SMILES string of the molecule is CC=C(c1ccccc1)C(c1ccc(O)cc1)c1ccc(OCCCl)cc1. The molecule has 0 heterocycles. The van der Waals surface area contributed by atoms with E-state index < -0.39 is 0 Å². The summed E-state index contributed by atoms with van der Waals surface area (Å²) in [5.41, 5.74) is 4.69. The maximum atomic E-state index is 9.70. The molecule has 1 N–H and O–H groups in total. The van der Waals surface area contributed by atoms with Gasteiger partial charge in [0.15, 0.2) is 0 Å². The maximum Gasteiger partial charge on any atom is 0.119 e. The van der Waals surface area contributed by atoms with Crippen LogP contribution in [0.3, 0.4) is 0 Å². The molecule has 0 spiro atoms. The van der Waals surface area contributed by atoms with Crippen molar-refractivity contribution in [1.29, 1.82) is 0 Å². The minimum Gasteiger partial charge on any atom is -0.508 e. The Morgan fingerprint density at radius 3 is 2.07 bits per heavy atom. The highest BCUT2D eigenvalue weighted by molar-refractivity contribution is 6.18. The summed E-state index contributed by atoms with van der Waals surface area (Å²) in [5, 5.41) is 9.70. The summed E-state index contributed by atoms with van der Waals surface area (Å²) in [4.78, 5) is 0. The Labute approximate surface area is 165 Å². The lowest BCUT2D eigenvalue weighted by atomic mass is 9.81. The average molecular weight is 379 g/mol. The van der Waals surface area contributed by atoms with Crippen LogP contribution in [0.15, 0.2) is 84.9 Å². The molecular formula is C24H23ClO2. The van der Waals surface area contributed by atoms with Crippen LogP contribution < -0.4 is 4.74 Å². The summed E-state index contributed by atoms with van der Waals surface area (Å²) in [6.07, 6.45) is 2.16.